The lowest BCUT2D eigenvalue weighted by Crippen LogP contribution is -2.31. The summed E-state index contributed by atoms with van der Waals surface area (Å²) in [7, 11) is 0. The molecule has 0 aromatic heterocycles. The number of rotatable bonds is 7. The van der Waals surface area contributed by atoms with Crippen LogP contribution >= 0.6 is 0 Å². The summed E-state index contributed by atoms with van der Waals surface area (Å²) in [5.41, 5.74) is 1.23. The van der Waals surface area contributed by atoms with Gasteiger partial charge in [0, 0.05) is 12.6 Å². The molecule has 0 aliphatic carbocycles. The van der Waals surface area contributed by atoms with Crippen molar-refractivity contribution in [1.82, 2.24) is 5.32 Å². The molecule has 1 aromatic rings. The van der Waals surface area contributed by atoms with E-state index in [1.165, 1.54) is 5.56 Å². The standard InChI is InChI=1S/C13H18F3NO/c1-11(17-9-10-18-13(14,15)16)7-8-12-5-3-2-4-6-12/h2-6,11,17H,7-10H2,1H3. The third kappa shape index (κ3) is 7.29. The van der Waals surface area contributed by atoms with Crippen molar-refractivity contribution in [3.8, 4) is 0 Å². The van der Waals surface area contributed by atoms with E-state index >= 15 is 0 Å². The van der Waals surface area contributed by atoms with E-state index in [1.54, 1.807) is 0 Å². The summed E-state index contributed by atoms with van der Waals surface area (Å²) in [4.78, 5) is 0. The van der Waals surface area contributed by atoms with Crippen molar-refractivity contribution < 1.29 is 17.9 Å². The van der Waals surface area contributed by atoms with Gasteiger partial charge in [0.05, 0.1) is 6.61 Å². The number of aryl methyl sites for hydroxylation is 1. The maximum atomic E-state index is 11.7. The van der Waals surface area contributed by atoms with Crippen LogP contribution in [0.3, 0.4) is 0 Å². The van der Waals surface area contributed by atoms with Crippen LogP contribution < -0.4 is 5.32 Å². The van der Waals surface area contributed by atoms with Crippen molar-refractivity contribution in [2.75, 3.05) is 13.2 Å². The molecule has 1 N–H and O–H groups in total. The summed E-state index contributed by atoms with van der Waals surface area (Å²) >= 11 is 0. The fourth-order valence-corrected chi connectivity index (χ4v) is 1.60. The zero-order valence-electron chi connectivity index (χ0n) is 10.3. The molecule has 5 heteroatoms. The molecule has 0 spiro atoms. The molecule has 0 aliphatic heterocycles. The first kappa shape index (κ1) is 15.0. The molecule has 1 rings (SSSR count). The van der Waals surface area contributed by atoms with Gasteiger partial charge in [-0.15, -0.1) is 13.2 Å². The minimum atomic E-state index is -4.53. The van der Waals surface area contributed by atoms with E-state index in [4.69, 9.17) is 0 Å². The Hall–Kier alpha value is -1.07. The largest absolute Gasteiger partial charge is 0.522 e. The highest BCUT2D eigenvalue weighted by molar-refractivity contribution is 5.14. The Morgan fingerprint density at radius 3 is 2.50 bits per heavy atom. The summed E-state index contributed by atoms with van der Waals surface area (Å²) in [6, 6.07) is 10.2. The Labute approximate surface area is 105 Å². The Bertz CT molecular complexity index is 327. The average Bonchev–Trinajstić information content (AvgIpc) is 2.32. The molecule has 0 aliphatic rings. The van der Waals surface area contributed by atoms with Crippen molar-refractivity contribution in [2.24, 2.45) is 0 Å². The van der Waals surface area contributed by atoms with Crippen LogP contribution in [0.4, 0.5) is 13.2 Å². The molecule has 0 heterocycles. The van der Waals surface area contributed by atoms with Gasteiger partial charge < -0.3 is 5.32 Å². The number of ether oxygens (including phenoxy) is 1. The minimum Gasteiger partial charge on any atom is -0.312 e. The van der Waals surface area contributed by atoms with Crippen LogP contribution in [-0.4, -0.2) is 25.6 Å². The lowest BCUT2D eigenvalue weighted by molar-refractivity contribution is -0.323. The fourth-order valence-electron chi connectivity index (χ4n) is 1.60. The monoisotopic (exact) mass is 261 g/mol. The lowest BCUT2D eigenvalue weighted by Gasteiger charge is -2.14. The molecule has 1 atom stereocenters. The van der Waals surface area contributed by atoms with Gasteiger partial charge in [-0.3, -0.25) is 4.74 Å². The smallest absolute Gasteiger partial charge is 0.312 e. The van der Waals surface area contributed by atoms with Gasteiger partial charge in [0.25, 0.3) is 0 Å². The van der Waals surface area contributed by atoms with Gasteiger partial charge in [-0.2, -0.15) is 0 Å². The van der Waals surface area contributed by atoms with E-state index in [1.807, 2.05) is 37.3 Å². The quantitative estimate of drug-likeness (QED) is 0.761. The minimum absolute atomic E-state index is 0.169. The number of benzene rings is 1. The normalized spacial score (nSPS) is 13.6. The summed E-state index contributed by atoms with van der Waals surface area (Å²) in [6.07, 6.45) is -2.74. The highest BCUT2D eigenvalue weighted by atomic mass is 19.4. The maximum Gasteiger partial charge on any atom is 0.522 e. The van der Waals surface area contributed by atoms with E-state index < -0.39 is 6.36 Å². The van der Waals surface area contributed by atoms with E-state index in [0.29, 0.717) is 0 Å². The topological polar surface area (TPSA) is 21.3 Å². The van der Waals surface area contributed by atoms with Gasteiger partial charge in [0.2, 0.25) is 0 Å². The third-order valence-electron chi connectivity index (χ3n) is 2.57. The molecular weight excluding hydrogens is 243 g/mol. The number of alkyl halides is 3. The van der Waals surface area contributed by atoms with E-state index in [-0.39, 0.29) is 19.2 Å². The molecule has 0 saturated heterocycles. The lowest BCUT2D eigenvalue weighted by atomic mass is 10.1. The van der Waals surface area contributed by atoms with Crippen molar-refractivity contribution in [2.45, 2.75) is 32.2 Å². The number of hydrogen-bond donors (Lipinski definition) is 1. The zero-order valence-corrected chi connectivity index (χ0v) is 10.3. The Kier molecular flexibility index (Phi) is 6.15. The van der Waals surface area contributed by atoms with Crippen LogP contribution in [0.1, 0.15) is 18.9 Å². The summed E-state index contributed by atoms with van der Waals surface area (Å²) in [5.74, 6) is 0. The summed E-state index contributed by atoms with van der Waals surface area (Å²) in [5, 5.41) is 3.00. The molecule has 1 unspecified atom stereocenters. The van der Waals surface area contributed by atoms with Crippen molar-refractivity contribution in [3.63, 3.8) is 0 Å². The van der Waals surface area contributed by atoms with Gasteiger partial charge in [-0.1, -0.05) is 30.3 Å². The van der Waals surface area contributed by atoms with E-state index in [9.17, 15) is 13.2 Å². The second-order valence-corrected chi connectivity index (χ2v) is 4.17. The predicted molar refractivity (Wildman–Crippen MR) is 64.2 cm³/mol. The molecule has 1 aromatic carbocycles. The van der Waals surface area contributed by atoms with E-state index in [2.05, 4.69) is 10.1 Å². The Balaban J connectivity index is 2.09. The van der Waals surface area contributed by atoms with Crippen LogP contribution in [-0.2, 0) is 11.2 Å². The second-order valence-electron chi connectivity index (χ2n) is 4.17. The molecule has 0 bridgehead atoms. The van der Waals surface area contributed by atoms with Gasteiger partial charge in [0.15, 0.2) is 0 Å². The number of hydrogen-bond acceptors (Lipinski definition) is 2. The fraction of sp³-hybridized carbons (Fsp3) is 0.538. The Morgan fingerprint density at radius 1 is 1.22 bits per heavy atom. The van der Waals surface area contributed by atoms with Crippen LogP contribution in [0, 0.1) is 0 Å². The highest BCUT2D eigenvalue weighted by Crippen LogP contribution is 2.15. The number of nitrogens with one attached hydrogen (secondary N) is 1. The van der Waals surface area contributed by atoms with Gasteiger partial charge >= 0.3 is 6.36 Å². The molecular formula is C13H18F3NO. The third-order valence-corrected chi connectivity index (χ3v) is 2.57. The highest BCUT2D eigenvalue weighted by Gasteiger charge is 2.28. The second kappa shape index (κ2) is 7.38. The first-order valence-electron chi connectivity index (χ1n) is 5.95. The van der Waals surface area contributed by atoms with Crippen LogP contribution in [0.5, 0.6) is 0 Å². The van der Waals surface area contributed by atoms with Crippen molar-refractivity contribution in [3.05, 3.63) is 35.9 Å². The average molecular weight is 261 g/mol. The molecule has 0 radical (unpaired) electrons. The molecule has 0 amide bonds. The predicted octanol–water partition coefficient (Wildman–Crippen LogP) is 3.13. The van der Waals surface area contributed by atoms with Crippen LogP contribution in [0.25, 0.3) is 0 Å². The maximum absolute atomic E-state index is 11.7. The zero-order chi connectivity index (χ0) is 13.4. The SMILES string of the molecule is CC(CCc1ccccc1)NCCOC(F)(F)F. The first-order valence-corrected chi connectivity index (χ1v) is 5.95. The summed E-state index contributed by atoms with van der Waals surface area (Å²) < 4.78 is 38.8. The van der Waals surface area contributed by atoms with Crippen LogP contribution in [0.2, 0.25) is 0 Å². The summed E-state index contributed by atoms with van der Waals surface area (Å²) in [6.45, 7) is 1.81. The molecule has 0 saturated carbocycles. The van der Waals surface area contributed by atoms with Crippen molar-refractivity contribution >= 4 is 0 Å². The van der Waals surface area contributed by atoms with Crippen LogP contribution in [0.15, 0.2) is 30.3 Å². The van der Waals surface area contributed by atoms with Gasteiger partial charge in [-0.25, -0.2) is 0 Å². The Morgan fingerprint density at radius 2 is 1.89 bits per heavy atom. The number of halogens is 3. The van der Waals surface area contributed by atoms with Gasteiger partial charge in [0.1, 0.15) is 0 Å². The molecule has 18 heavy (non-hydrogen) atoms. The van der Waals surface area contributed by atoms with E-state index in [0.717, 1.165) is 12.8 Å². The van der Waals surface area contributed by atoms with Crippen molar-refractivity contribution in [1.29, 1.82) is 0 Å². The first-order chi connectivity index (χ1) is 8.47. The van der Waals surface area contributed by atoms with Gasteiger partial charge in [-0.05, 0) is 25.3 Å². The molecule has 0 fully saturated rings. The molecule has 102 valence electrons. The molecule has 2 nitrogen and oxygen atoms in total.